The minimum atomic E-state index is -0.296. The van der Waals surface area contributed by atoms with E-state index in [2.05, 4.69) is 10.6 Å². The van der Waals surface area contributed by atoms with Gasteiger partial charge in [0.05, 0.1) is 6.26 Å². The normalized spacial score (nSPS) is 10.4. The molecule has 0 aliphatic rings. The zero-order valence-electron chi connectivity index (χ0n) is 10.9. The van der Waals surface area contributed by atoms with E-state index in [-0.39, 0.29) is 30.0 Å². The van der Waals surface area contributed by atoms with Crippen molar-refractivity contribution in [2.75, 3.05) is 6.54 Å². The quantitative estimate of drug-likeness (QED) is 0.776. The largest absolute Gasteiger partial charge is 0.459 e. The Bertz CT molecular complexity index is 370. The molecule has 1 rings (SSSR count). The second kappa shape index (κ2) is 7.53. The third kappa shape index (κ3) is 4.61. The number of furan rings is 1. The van der Waals surface area contributed by atoms with E-state index in [0.717, 1.165) is 12.8 Å². The Morgan fingerprint density at radius 3 is 2.61 bits per heavy atom. The molecule has 0 saturated carbocycles. The smallest absolute Gasteiger partial charge is 0.286 e. The molecule has 5 nitrogen and oxygen atoms in total. The molecular formula is C13H20N2O3. The van der Waals surface area contributed by atoms with Crippen LogP contribution in [-0.2, 0) is 4.79 Å². The predicted octanol–water partition coefficient (Wildman–Crippen LogP) is 1.70. The van der Waals surface area contributed by atoms with Crippen LogP contribution < -0.4 is 10.6 Å². The summed E-state index contributed by atoms with van der Waals surface area (Å²) in [4.78, 5) is 23.0. The van der Waals surface area contributed by atoms with Crippen molar-refractivity contribution < 1.29 is 14.0 Å². The Morgan fingerprint density at radius 1 is 1.33 bits per heavy atom. The van der Waals surface area contributed by atoms with Gasteiger partial charge in [-0.15, -0.1) is 0 Å². The van der Waals surface area contributed by atoms with Crippen LogP contribution in [0.4, 0.5) is 0 Å². The first kappa shape index (κ1) is 14.3. The standard InChI is InChI=1S/C13H20N2O3/c1-3-10(4-2)15-12(16)7-8-14-13(17)11-6-5-9-18-11/h5-6,9-10H,3-4,7-8H2,1-2H3,(H,14,17)(H,15,16). The monoisotopic (exact) mass is 252 g/mol. The van der Waals surface area contributed by atoms with Gasteiger partial charge in [-0.3, -0.25) is 9.59 Å². The van der Waals surface area contributed by atoms with Gasteiger partial charge in [0.25, 0.3) is 5.91 Å². The Morgan fingerprint density at radius 2 is 2.06 bits per heavy atom. The molecule has 0 aromatic carbocycles. The molecular weight excluding hydrogens is 232 g/mol. The summed E-state index contributed by atoms with van der Waals surface area (Å²) in [5.74, 6) is -0.0748. The average Bonchev–Trinajstić information content (AvgIpc) is 2.89. The Balaban J connectivity index is 2.21. The van der Waals surface area contributed by atoms with Crippen molar-refractivity contribution in [1.29, 1.82) is 0 Å². The lowest BCUT2D eigenvalue weighted by atomic mass is 10.1. The topological polar surface area (TPSA) is 71.3 Å². The van der Waals surface area contributed by atoms with Gasteiger partial charge in [0.2, 0.25) is 5.91 Å². The number of hydrogen-bond acceptors (Lipinski definition) is 3. The van der Waals surface area contributed by atoms with Gasteiger partial charge in [-0.2, -0.15) is 0 Å². The van der Waals surface area contributed by atoms with Gasteiger partial charge >= 0.3 is 0 Å². The summed E-state index contributed by atoms with van der Waals surface area (Å²) in [5, 5.41) is 5.54. The molecule has 0 unspecified atom stereocenters. The number of carbonyl (C=O) groups is 2. The molecule has 1 heterocycles. The number of amides is 2. The summed E-state index contributed by atoms with van der Waals surface area (Å²) >= 11 is 0. The van der Waals surface area contributed by atoms with Crippen molar-refractivity contribution in [3.05, 3.63) is 24.2 Å². The second-order valence-corrected chi connectivity index (χ2v) is 4.06. The molecule has 0 bridgehead atoms. The lowest BCUT2D eigenvalue weighted by Gasteiger charge is -2.14. The molecule has 0 radical (unpaired) electrons. The highest BCUT2D eigenvalue weighted by atomic mass is 16.3. The first-order valence-electron chi connectivity index (χ1n) is 6.28. The third-order valence-corrected chi connectivity index (χ3v) is 2.73. The van der Waals surface area contributed by atoms with Crippen LogP contribution in [-0.4, -0.2) is 24.4 Å². The van der Waals surface area contributed by atoms with Gasteiger partial charge in [0.15, 0.2) is 5.76 Å². The molecule has 1 aromatic heterocycles. The van der Waals surface area contributed by atoms with Gasteiger partial charge in [0.1, 0.15) is 0 Å². The minimum absolute atomic E-state index is 0.0385. The van der Waals surface area contributed by atoms with Crippen molar-refractivity contribution in [1.82, 2.24) is 10.6 Å². The summed E-state index contributed by atoms with van der Waals surface area (Å²) < 4.78 is 4.94. The molecule has 100 valence electrons. The van der Waals surface area contributed by atoms with Crippen LogP contribution >= 0.6 is 0 Å². The lowest BCUT2D eigenvalue weighted by Crippen LogP contribution is -2.36. The number of rotatable bonds is 7. The van der Waals surface area contributed by atoms with Crippen LogP contribution in [0.25, 0.3) is 0 Å². The van der Waals surface area contributed by atoms with Crippen LogP contribution in [0.2, 0.25) is 0 Å². The van der Waals surface area contributed by atoms with Gasteiger partial charge < -0.3 is 15.1 Å². The summed E-state index contributed by atoms with van der Waals surface area (Å²) in [6.45, 7) is 4.38. The molecule has 0 spiro atoms. The summed E-state index contributed by atoms with van der Waals surface area (Å²) in [6, 6.07) is 3.45. The maximum atomic E-state index is 11.6. The predicted molar refractivity (Wildman–Crippen MR) is 68.2 cm³/mol. The van der Waals surface area contributed by atoms with Gasteiger partial charge in [-0.05, 0) is 25.0 Å². The fraction of sp³-hybridized carbons (Fsp3) is 0.538. The van der Waals surface area contributed by atoms with E-state index in [1.54, 1.807) is 12.1 Å². The Labute approximate surface area is 107 Å². The summed E-state index contributed by atoms with van der Waals surface area (Å²) in [6.07, 6.45) is 3.56. The molecule has 0 aliphatic heterocycles. The zero-order chi connectivity index (χ0) is 13.4. The molecule has 0 atom stereocenters. The SMILES string of the molecule is CCC(CC)NC(=O)CCNC(=O)c1ccco1. The van der Waals surface area contributed by atoms with E-state index in [1.165, 1.54) is 6.26 Å². The fourth-order valence-electron chi connectivity index (χ4n) is 1.58. The van der Waals surface area contributed by atoms with Crippen molar-refractivity contribution in [2.24, 2.45) is 0 Å². The number of nitrogens with one attached hydrogen (secondary N) is 2. The van der Waals surface area contributed by atoms with E-state index in [4.69, 9.17) is 4.42 Å². The van der Waals surface area contributed by atoms with Gasteiger partial charge in [-0.25, -0.2) is 0 Å². The third-order valence-electron chi connectivity index (χ3n) is 2.73. The lowest BCUT2D eigenvalue weighted by molar-refractivity contribution is -0.121. The van der Waals surface area contributed by atoms with Crippen LogP contribution in [0, 0.1) is 0 Å². The highest BCUT2D eigenvalue weighted by Gasteiger charge is 2.10. The van der Waals surface area contributed by atoms with Crippen molar-refractivity contribution in [2.45, 2.75) is 39.2 Å². The van der Waals surface area contributed by atoms with Gasteiger partial charge in [-0.1, -0.05) is 13.8 Å². The first-order valence-corrected chi connectivity index (χ1v) is 6.28. The van der Waals surface area contributed by atoms with E-state index in [0.29, 0.717) is 6.54 Å². The highest BCUT2D eigenvalue weighted by molar-refractivity contribution is 5.91. The van der Waals surface area contributed by atoms with Crippen LogP contribution in [0.5, 0.6) is 0 Å². The molecule has 1 aromatic rings. The van der Waals surface area contributed by atoms with Crippen molar-refractivity contribution >= 4 is 11.8 Å². The van der Waals surface area contributed by atoms with E-state index in [1.807, 2.05) is 13.8 Å². The Hall–Kier alpha value is -1.78. The van der Waals surface area contributed by atoms with Crippen LogP contribution in [0.3, 0.4) is 0 Å². The fourth-order valence-corrected chi connectivity index (χ4v) is 1.58. The maximum absolute atomic E-state index is 11.6. The summed E-state index contributed by atoms with van der Waals surface area (Å²) in [5.41, 5.74) is 0. The molecule has 18 heavy (non-hydrogen) atoms. The van der Waals surface area contributed by atoms with E-state index in [9.17, 15) is 9.59 Å². The molecule has 5 heteroatoms. The number of hydrogen-bond donors (Lipinski definition) is 2. The molecule has 0 aliphatic carbocycles. The minimum Gasteiger partial charge on any atom is -0.459 e. The van der Waals surface area contributed by atoms with Gasteiger partial charge in [0, 0.05) is 19.0 Å². The molecule has 2 amide bonds. The second-order valence-electron chi connectivity index (χ2n) is 4.06. The van der Waals surface area contributed by atoms with E-state index < -0.39 is 0 Å². The molecule has 0 saturated heterocycles. The molecule has 0 fully saturated rings. The highest BCUT2D eigenvalue weighted by Crippen LogP contribution is 1.99. The summed E-state index contributed by atoms with van der Waals surface area (Å²) in [7, 11) is 0. The maximum Gasteiger partial charge on any atom is 0.286 e. The zero-order valence-corrected chi connectivity index (χ0v) is 10.9. The first-order chi connectivity index (χ1) is 8.67. The van der Waals surface area contributed by atoms with Crippen LogP contribution in [0.15, 0.2) is 22.8 Å². The van der Waals surface area contributed by atoms with Crippen molar-refractivity contribution in [3.8, 4) is 0 Å². The van der Waals surface area contributed by atoms with Crippen LogP contribution in [0.1, 0.15) is 43.7 Å². The molecule has 2 N–H and O–H groups in total. The van der Waals surface area contributed by atoms with E-state index >= 15 is 0 Å². The van der Waals surface area contributed by atoms with Crippen molar-refractivity contribution in [3.63, 3.8) is 0 Å². The average molecular weight is 252 g/mol. The number of carbonyl (C=O) groups excluding carboxylic acids is 2. The Kier molecular flexibility index (Phi) is 5.97.